The van der Waals surface area contributed by atoms with Gasteiger partial charge in [-0.3, -0.25) is 0 Å². The van der Waals surface area contributed by atoms with Crippen molar-refractivity contribution >= 4 is 11.6 Å². The largest absolute Gasteiger partial charge is 0.315 e. The van der Waals surface area contributed by atoms with Gasteiger partial charge in [0.2, 0.25) is 0 Å². The minimum Gasteiger partial charge on any atom is -0.315 e. The van der Waals surface area contributed by atoms with E-state index in [-0.39, 0.29) is 0 Å². The van der Waals surface area contributed by atoms with Crippen LogP contribution in [0.1, 0.15) is 40.5 Å². The Hall–Kier alpha value is 0.250. The van der Waals surface area contributed by atoms with Crippen LogP contribution in [0, 0.1) is 11.8 Å². The van der Waals surface area contributed by atoms with Gasteiger partial charge in [0, 0.05) is 11.9 Å². The number of rotatable bonds is 7. The summed E-state index contributed by atoms with van der Waals surface area (Å²) in [5.41, 5.74) is 0. The van der Waals surface area contributed by atoms with E-state index in [4.69, 9.17) is 11.6 Å². The summed E-state index contributed by atoms with van der Waals surface area (Å²) in [6, 6.07) is 0. The second kappa shape index (κ2) is 7.64. The van der Waals surface area contributed by atoms with Gasteiger partial charge in [-0.2, -0.15) is 0 Å². The highest BCUT2D eigenvalue weighted by Crippen LogP contribution is 2.09. The number of hydrogen-bond donors (Lipinski definition) is 1. The maximum atomic E-state index is 6.13. The maximum absolute atomic E-state index is 6.13. The van der Waals surface area contributed by atoms with Gasteiger partial charge < -0.3 is 5.32 Å². The highest BCUT2D eigenvalue weighted by molar-refractivity contribution is 6.20. The first-order valence-electron chi connectivity index (χ1n) is 5.37. The summed E-state index contributed by atoms with van der Waals surface area (Å²) < 4.78 is 0. The lowest BCUT2D eigenvalue weighted by Gasteiger charge is -2.13. The minimum atomic E-state index is 0.298. The molecule has 0 saturated carbocycles. The Bertz CT molecular complexity index is 113. The SMILES string of the molecule is CC(C)CCNCC(Cl)CC(C)C. The Morgan fingerprint density at radius 2 is 1.69 bits per heavy atom. The summed E-state index contributed by atoms with van der Waals surface area (Å²) in [5, 5.41) is 3.69. The molecule has 1 atom stereocenters. The summed E-state index contributed by atoms with van der Waals surface area (Å²) >= 11 is 6.13. The molecule has 0 aliphatic carbocycles. The number of halogens is 1. The van der Waals surface area contributed by atoms with Crippen LogP contribution >= 0.6 is 11.6 Å². The molecule has 13 heavy (non-hydrogen) atoms. The molecule has 1 N–H and O–H groups in total. The van der Waals surface area contributed by atoms with Gasteiger partial charge in [-0.05, 0) is 31.2 Å². The van der Waals surface area contributed by atoms with Crippen LogP contribution in [0.25, 0.3) is 0 Å². The lowest BCUT2D eigenvalue weighted by molar-refractivity contribution is 0.502. The Balaban J connectivity index is 3.22. The molecular weight excluding hydrogens is 182 g/mol. The molecule has 0 aromatic carbocycles. The van der Waals surface area contributed by atoms with E-state index in [9.17, 15) is 0 Å². The molecule has 1 nitrogen and oxygen atoms in total. The smallest absolute Gasteiger partial charge is 0.0463 e. The number of nitrogens with one attached hydrogen (secondary N) is 1. The van der Waals surface area contributed by atoms with Crippen molar-refractivity contribution in [1.82, 2.24) is 5.32 Å². The van der Waals surface area contributed by atoms with Crippen LogP contribution < -0.4 is 5.32 Å². The molecule has 0 aliphatic heterocycles. The quantitative estimate of drug-likeness (QED) is 0.497. The topological polar surface area (TPSA) is 12.0 Å². The molecule has 0 aromatic heterocycles. The summed E-state index contributed by atoms with van der Waals surface area (Å²) in [5.74, 6) is 1.49. The van der Waals surface area contributed by atoms with E-state index in [1.165, 1.54) is 6.42 Å². The fourth-order valence-electron chi connectivity index (χ4n) is 1.24. The van der Waals surface area contributed by atoms with Crippen LogP contribution in [0.5, 0.6) is 0 Å². The molecule has 0 aliphatic rings. The van der Waals surface area contributed by atoms with E-state index < -0.39 is 0 Å². The van der Waals surface area contributed by atoms with Crippen LogP contribution in [-0.4, -0.2) is 18.5 Å². The van der Waals surface area contributed by atoms with Crippen molar-refractivity contribution in [2.45, 2.75) is 45.9 Å². The van der Waals surface area contributed by atoms with Gasteiger partial charge >= 0.3 is 0 Å². The zero-order valence-corrected chi connectivity index (χ0v) is 10.2. The third-order valence-corrected chi connectivity index (χ3v) is 2.32. The molecule has 0 fully saturated rings. The highest BCUT2D eigenvalue weighted by Gasteiger charge is 2.06. The molecule has 1 unspecified atom stereocenters. The Kier molecular flexibility index (Phi) is 7.78. The van der Waals surface area contributed by atoms with Crippen molar-refractivity contribution in [3.05, 3.63) is 0 Å². The molecule has 0 radical (unpaired) electrons. The van der Waals surface area contributed by atoms with Crippen molar-refractivity contribution in [1.29, 1.82) is 0 Å². The predicted octanol–water partition coefficient (Wildman–Crippen LogP) is 3.28. The molecule has 2 heteroatoms. The van der Waals surface area contributed by atoms with Crippen LogP contribution in [0.3, 0.4) is 0 Å². The molecule has 0 spiro atoms. The van der Waals surface area contributed by atoms with Gasteiger partial charge in [0.25, 0.3) is 0 Å². The second-order valence-electron chi connectivity index (χ2n) is 4.61. The Labute approximate surface area is 88.2 Å². The van der Waals surface area contributed by atoms with E-state index in [1.54, 1.807) is 0 Å². The molecule has 0 bridgehead atoms. The zero-order chi connectivity index (χ0) is 10.3. The molecule has 0 heterocycles. The van der Waals surface area contributed by atoms with E-state index in [0.717, 1.165) is 25.4 Å². The van der Waals surface area contributed by atoms with E-state index >= 15 is 0 Å². The van der Waals surface area contributed by atoms with Crippen LogP contribution in [0.15, 0.2) is 0 Å². The fraction of sp³-hybridized carbons (Fsp3) is 1.00. The monoisotopic (exact) mass is 205 g/mol. The van der Waals surface area contributed by atoms with Crippen molar-refractivity contribution in [3.63, 3.8) is 0 Å². The van der Waals surface area contributed by atoms with Gasteiger partial charge in [0.05, 0.1) is 0 Å². The molecule has 0 aromatic rings. The molecule has 0 amide bonds. The summed E-state index contributed by atoms with van der Waals surface area (Å²) in [6.45, 7) is 11.0. The van der Waals surface area contributed by atoms with Crippen LogP contribution in [-0.2, 0) is 0 Å². The average Bonchev–Trinajstić information content (AvgIpc) is 1.96. The van der Waals surface area contributed by atoms with Crippen molar-refractivity contribution in [3.8, 4) is 0 Å². The van der Waals surface area contributed by atoms with E-state index in [2.05, 4.69) is 33.0 Å². The second-order valence-corrected chi connectivity index (χ2v) is 5.23. The van der Waals surface area contributed by atoms with Crippen molar-refractivity contribution in [2.75, 3.05) is 13.1 Å². The molecular formula is C11H24ClN. The van der Waals surface area contributed by atoms with Gasteiger partial charge in [-0.15, -0.1) is 11.6 Å². The predicted molar refractivity (Wildman–Crippen MR) is 61.4 cm³/mol. The molecule has 0 saturated heterocycles. The standard InChI is InChI=1S/C11H24ClN/c1-9(2)5-6-13-8-11(12)7-10(3)4/h9-11,13H,5-8H2,1-4H3. The Morgan fingerprint density at radius 1 is 1.08 bits per heavy atom. The zero-order valence-electron chi connectivity index (χ0n) is 9.44. The van der Waals surface area contributed by atoms with Crippen molar-refractivity contribution < 1.29 is 0 Å². The molecule has 80 valence electrons. The first kappa shape index (κ1) is 13.2. The number of hydrogen-bond acceptors (Lipinski definition) is 1. The van der Waals surface area contributed by atoms with Gasteiger partial charge in [0.1, 0.15) is 0 Å². The van der Waals surface area contributed by atoms with Crippen LogP contribution in [0.2, 0.25) is 0 Å². The van der Waals surface area contributed by atoms with Crippen LogP contribution in [0.4, 0.5) is 0 Å². The first-order valence-corrected chi connectivity index (χ1v) is 5.80. The van der Waals surface area contributed by atoms with Gasteiger partial charge in [0.15, 0.2) is 0 Å². The lowest BCUT2D eigenvalue weighted by atomic mass is 10.1. The third-order valence-electron chi connectivity index (χ3n) is 1.99. The summed E-state index contributed by atoms with van der Waals surface area (Å²) in [6.07, 6.45) is 2.35. The lowest BCUT2D eigenvalue weighted by Crippen LogP contribution is -2.25. The number of alkyl halides is 1. The highest BCUT2D eigenvalue weighted by atomic mass is 35.5. The average molecular weight is 206 g/mol. The summed E-state index contributed by atoms with van der Waals surface area (Å²) in [4.78, 5) is 0. The molecule has 0 rings (SSSR count). The minimum absolute atomic E-state index is 0.298. The Morgan fingerprint density at radius 3 is 2.15 bits per heavy atom. The normalized spacial score (nSPS) is 14.1. The first-order chi connectivity index (χ1) is 6.02. The maximum Gasteiger partial charge on any atom is 0.0463 e. The summed E-state index contributed by atoms with van der Waals surface area (Å²) in [7, 11) is 0. The van der Waals surface area contributed by atoms with E-state index in [0.29, 0.717) is 11.3 Å². The van der Waals surface area contributed by atoms with E-state index in [1.807, 2.05) is 0 Å². The fourth-order valence-corrected chi connectivity index (χ4v) is 1.71. The van der Waals surface area contributed by atoms with Crippen molar-refractivity contribution in [2.24, 2.45) is 11.8 Å². The van der Waals surface area contributed by atoms with Gasteiger partial charge in [-0.25, -0.2) is 0 Å². The third kappa shape index (κ3) is 10.2. The van der Waals surface area contributed by atoms with Gasteiger partial charge in [-0.1, -0.05) is 27.7 Å².